The van der Waals surface area contributed by atoms with Crippen molar-refractivity contribution in [1.29, 1.82) is 0 Å². The maximum absolute atomic E-state index is 11.5. The second kappa shape index (κ2) is 6.29. The molecular weight excluding hydrogens is 345 g/mol. The quantitative estimate of drug-likeness (QED) is 0.389. The summed E-state index contributed by atoms with van der Waals surface area (Å²) in [5.41, 5.74) is 2.44. The van der Waals surface area contributed by atoms with Crippen LogP contribution >= 0.6 is 22.6 Å². The Hall–Kier alpha value is -1.70. The summed E-state index contributed by atoms with van der Waals surface area (Å²) in [7, 11) is 0. The molecule has 2 aromatic rings. The number of hydrogen-bond acceptors (Lipinski definition) is 3. The molecule has 0 aliphatic rings. The lowest BCUT2D eigenvalue weighted by molar-refractivity contribution is -0.684. The van der Waals surface area contributed by atoms with Gasteiger partial charge in [-0.25, -0.2) is 5.43 Å². The Labute approximate surface area is 118 Å². The average molecular weight is 356 g/mol. The van der Waals surface area contributed by atoms with Crippen LogP contribution < -0.4 is 9.99 Å². The number of furan rings is 1. The Morgan fingerprint density at radius 3 is 2.83 bits per heavy atom. The van der Waals surface area contributed by atoms with Crippen molar-refractivity contribution in [1.82, 2.24) is 5.43 Å². The molecule has 0 aliphatic heterocycles. The number of carbonyl (C=O) groups is 1. The van der Waals surface area contributed by atoms with Crippen molar-refractivity contribution in [3.05, 3.63) is 52.3 Å². The number of amides is 1. The zero-order valence-electron chi connectivity index (χ0n) is 9.41. The van der Waals surface area contributed by atoms with E-state index in [4.69, 9.17) is 4.42 Å². The van der Waals surface area contributed by atoms with E-state index in [1.807, 2.05) is 36.7 Å². The third-order valence-electron chi connectivity index (χ3n) is 2.08. The molecule has 2 rings (SSSR count). The predicted molar refractivity (Wildman–Crippen MR) is 73.8 cm³/mol. The maximum Gasteiger partial charge on any atom is 0.305 e. The van der Waals surface area contributed by atoms with Gasteiger partial charge in [-0.1, -0.05) is 6.07 Å². The van der Waals surface area contributed by atoms with Gasteiger partial charge in [-0.3, -0.25) is 4.79 Å². The predicted octanol–water partition coefficient (Wildman–Crippen LogP) is 1.32. The molecule has 1 amide bonds. The highest BCUT2D eigenvalue weighted by Crippen LogP contribution is 2.07. The van der Waals surface area contributed by atoms with Crippen molar-refractivity contribution in [2.45, 2.75) is 6.54 Å². The largest absolute Gasteiger partial charge is 0.449 e. The molecule has 0 fully saturated rings. The number of halogens is 1. The Balaban J connectivity index is 1.83. The molecule has 5 nitrogen and oxygen atoms in total. The molecule has 0 aromatic carbocycles. The van der Waals surface area contributed by atoms with Gasteiger partial charge in [0, 0.05) is 12.1 Å². The van der Waals surface area contributed by atoms with E-state index in [0.29, 0.717) is 5.76 Å². The summed E-state index contributed by atoms with van der Waals surface area (Å²) in [6.45, 7) is 0.230. The highest BCUT2D eigenvalue weighted by Gasteiger charge is 2.06. The highest BCUT2D eigenvalue weighted by molar-refractivity contribution is 14.1. The topological polar surface area (TPSA) is 58.5 Å². The lowest BCUT2D eigenvalue weighted by Crippen LogP contribution is -2.40. The van der Waals surface area contributed by atoms with Crippen LogP contribution in [0.25, 0.3) is 0 Å². The monoisotopic (exact) mass is 356 g/mol. The van der Waals surface area contributed by atoms with Crippen molar-refractivity contribution in [3.8, 4) is 0 Å². The first kappa shape index (κ1) is 12.7. The summed E-state index contributed by atoms with van der Waals surface area (Å²) in [6.07, 6.45) is 5.10. The number of rotatable bonds is 4. The van der Waals surface area contributed by atoms with E-state index in [1.165, 1.54) is 6.21 Å². The van der Waals surface area contributed by atoms with Gasteiger partial charge in [-0.15, -0.1) is 0 Å². The minimum atomic E-state index is -0.191. The van der Waals surface area contributed by atoms with Gasteiger partial charge in [0.2, 0.25) is 6.54 Å². The van der Waals surface area contributed by atoms with Gasteiger partial charge < -0.3 is 4.42 Å². The van der Waals surface area contributed by atoms with E-state index < -0.39 is 0 Å². The lowest BCUT2D eigenvalue weighted by atomic mass is 10.4. The fourth-order valence-corrected chi connectivity index (χ4v) is 1.74. The number of aromatic nitrogens is 1. The van der Waals surface area contributed by atoms with Crippen LogP contribution in [-0.2, 0) is 11.3 Å². The molecular formula is C12H11IN3O2+. The van der Waals surface area contributed by atoms with Gasteiger partial charge in [-0.05, 0) is 34.7 Å². The normalized spacial score (nSPS) is 10.7. The van der Waals surface area contributed by atoms with E-state index in [-0.39, 0.29) is 12.5 Å². The molecule has 0 bridgehead atoms. The molecule has 0 saturated heterocycles. The molecule has 0 unspecified atom stereocenters. The number of hydrogen-bond donors (Lipinski definition) is 1. The number of carbonyl (C=O) groups excluding carboxylic acids is 1. The van der Waals surface area contributed by atoms with E-state index in [9.17, 15) is 4.79 Å². The van der Waals surface area contributed by atoms with Crippen LogP contribution in [0, 0.1) is 3.77 Å². The lowest BCUT2D eigenvalue weighted by Gasteiger charge is -1.95. The summed E-state index contributed by atoms with van der Waals surface area (Å²) < 4.78 is 7.81. The van der Waals surface area contributed by atoms with E-state index in [1.54, 1.807) is 10.6 Å². The van der Waals surface area contributed by atoms with E-state index in [0.717, 1.165) is 3.77 Å². The van der Waals surface area contributed by atoms with E-state index in [2.05, 4.69) is 33.1 Å². The van der Waals surface area contributed by atoms with Crippen molar-refractivity contribution < 1.29 is 13.8 Å². The van der Waals surface area contributed by atoms with Gasteiger partial charge in [0.1, 0.15) is 5.76 Å². The zero-order valence-corrected chi connectivity index (χ0v) is 11.6. The summed E-state index contributed by atoms with van der Waals surface area (Å²) in [5, 5.41) is 3.82. The molecule has 0 aliphatic carbocycles. The number of nitrogens with zero attached hydrogens (tertiary/aromatic N) is 2. The zero-order chi connectivity index (χ0) is 12.8. The minimum absolute atomic E-state index is 0.191. The van der Waals surface area contributed by atoms with Crippen LogP contribution in [0.3, 0.4) is 0 Å². The Bertz CT molecular complexity index is 551. The SMILES string of the molecule is O=C(C[n+]1ccccc1)N/N=C/c1ccc(I)o1. The maximum atomic E-state index is 11.5. The van der Waals surface area contributed by atoms with Gasteiger partial charge in [-0.2, -0.15) is 9.67 Å². The fraction of sp³-hybridized carbons (Fsp3) is 0.0833. The van der Waals surface area contributed by atoms with Crippen molar-refractivity contribution >= 4 is 34.7 Å². The molecule has 0 spiro atoms. The Kier molecular flexibility index (Phi) is 4.46. The fourth-order valence-electron chi connectivity index (χ4n) is 1.31. The van der Waals surface area contributed by atoms with Crippen LogP contribution in [-0.4, -0.2) is 12.1 Å². The number of hydrazone groups is 1. The standard InChI is InChI=1S/C12H10IN3O2/c13-11-5-4-10(18-11)8-14-15-12(17)9-16-6-2-1-3-7-16/h1-8H,9H2/p+1/b14-8+. The van der Waals surface area contributed by atoms with Gasteiger partial charge >= 0.3 is 5.91 Å². The summed E-state index contributed by atoms with van der Waals surface area (Å²) in [5.74, 6) is 0.413. The molecule has 2 aromatic heterocycles. The first-order valence-corrected chi connectivity index (χ1v) is 6.33. The molecule has 0 saturated carbocycles. The first-order valence-electron chi connectivity index (χ1n) is 5.25. The second-order valence-electron chi connectivity index (χ2n) is 3.48. The number of pyridine rings is 1. The van der Waals surface area contributed by atoms with Crippen LogP contribution in [0.4, 0.5) is 0 Å². The smallest absolute Gasteiger partial charge is 0.305 e. The Morgan fingerprint density at radius 2 is 2.17 bits per heavy atom. The summed E-state index contributed by atoms with van der Waals surface area (Å²) in [4.78, 5) is 11.5. The van der Waals surface area contributed by atoms with Crippen molar-refractivity contribution in [2.24, 2.45) is 5.10 Å². The third-order valence-corrected chi connectivity index (χ3v) is 2.66. The second-order valence-corrected chi connectivity index (χ2v) is 4.55. The van der Waals surface area contributed by atoms with Crippen LogP contribution in [0.15, 0.2) is 52.2 Å². The van der Waals surface area contributed by atoms with Crippen molar-refractivity contribution in [3.63, 3.8) is 0 Å². The van der Waals surface area contributed by atoms with Crippen LogP contribution in [0.2, 0.25) is 0 Å². The number of nitrogens with one attached hydrogen (secondary N) is 1. The molecule has 1 N–H and O–H groups in total. The first-order chi connectivity index (χ1) is 8.74. The minimum Gasteiger partial charge on any atom is -0.449 e. The van der Waals surface area contributed by atoms with Crippen molar-refractivity contribution in [2.75, 3.05) is 0 Å². The van der Waals surface area contributed by atoms with Gasteiger partial charge in [0.25, 0.3) is 0 Å². The summed E-state index contributed by atoms with van der Waals surface area (Å²) in [6, 6.07) is 9.22. The van der Waals surface area contributed by atoms with Crippen LogP contribution in [0.1, 0.15) is 5.76 Å². The molecule has 0 atom stereocenters. The van der Waals surface area contributed by atoms with Gasteiger partial charge in [0.05, 0.1) is 6.21 Å². The molecule has 2 heterocycles. The Morgan fingerprint density at radius 1 is 1.39 bits per heavy atom. The van der Waals surface area contributed by atoms with Crippen LogP contribution in [0.5, 0.6) is 0 Å². The van der Waals surface area contributed by atoms with E-state index >= 15 is 0 Å². The van der Waals surface area contributed by atoms with Gasteiger partial charge in [0.15, 0.2) is 16.2 Å². The molecule has 18 heavy (non-hydrogen) atoms. The third kappa shape index (κ3) is 3.95. The summed E-state index contributed by atoms with van der Waals surface area (Å²) >= 11 is 2.06. The molecule has 0 radical (unpaired) electrons. The molecule has 6 heteroatoms. The molecule has 92 valence electrons. The highest BCUT2D eigenvalue weighted by atomic mass is 127. The average Bonchev–Trinajstić information content (AvgIpc) is 2.76.